The number of fused-ring (bicyclic) bond motifs is 1. The number of hydrogen-bond acceptors (Lipinski definition) is 5. The molecule has 150 valence electrons. The quantitative estimate of drug-likeness (QED) is 0.794. The summed E-state index contributed by atoms with van der Waals surface area (Å²) in [6, 6.07) is 12.0. The van der Waals surface area contributed by atoms with Gasteiger partial charge in [-0.15, -0.1) is 0 Å². The fraction of sp³-hybridized carbons (Fsp3) is 0.455. The highest BCUT2D eigenvalue weighted by atomic mass is 16.6. The molecule has 1 amide bonds. The van der Waals surface area contributed by atoms with E-state index in [4.69, 9.17) is 15.5 Å². The number of hydrogen-bond donors (Lipinski definition) is 2. The van der Waals surface area contributed by atoms with Crippen LogP contribution in [0.2, 0.25) is 0 Å². The summed E-state index contributed by atoms with van der Waals surface area (Å²) in [4.78, 5) is 19.3. The Bertz CT molecular complexity index is 823. The third-order valence-corrected chi connectivity index (χ3v) is 5.03. The highest BCUT2D eigenvalue weighted by molar-refractivity contribution is 5.90. The summed E-state index contributed by atoms with van der Waals surface area (Å²) in [6.45, 7) is 8.45. The second-order valence-electron chi connectivity index (χ2n) is 7.60. The van der Waals surface area contributed by atoms with Gasteiger partial charge < -0.3 is 15.8 Å². The van der Waals surface area contributed by atoms with E-state index in [1.165, 1.54) is 5.56 Å². The number of anilines is 2. The molecule has 1 aliphatic rings. The third-order valence-electron chi connectivity index (χ3n) is 5.03. The molecule has 6 heteroatoms. The summed E-state index contributed by atoms with van der Waals surface area (Å²) >= 11 is 0. The molecule has 0 spiro atoms. The standard InChI is InChI=1S/C22H30N4O2/c1-5-17-12-18(23)20-19(26(17)22(27)28-14(2)3)11-15(4)21(25-20)24-13-16-9-7-6-8-10-16/h6-11,14,17-18H,5,12-13,23H2,1-4H3,(H,24,25)/t17-,18+/m1/s1. The largest absolute Gasteiger partial charge is 0.446 e. The third kappa shape index (κ3) is 4.28. The van der Waals surface area contributed by atoms with Crippen LogP contribution in [0, 0.1) is 6.92 Å². The molecule has 1 aromatic carbocycles. The number of benzene rings is 1. The molecule has 0 fully saturated rings. The van der Waals surface area contributed by atoms with Gasteiger partial charge in [0.2, 0.25) is 0 Å². The molecule has 3 N–H and O–H groups in total. The smallest absolute Gasteiger partial charge is 0.414 e. The van der Waals surface area contributed by atoms with Gasteiger partial charge in [-0.1, -0.05) is 37.3 Å². The Morgan fingerprint density at radius 1 is 1.36 bits per heavy atom. The van der Waals surface area contributed by atoms with E-state index in [9.17, 15) is 4.79 Å². The summed E-state index contributed by atoms with van der Waals surface area (Å²) < 4.78 is 5.49. The molecule has 0 unspecified atom stereocenters. The number of aromatic nitrogens is 1. The monoisotopic (exact) mass is 382 g/mol. The zero-order valence-electron chi connectivity index (χ0n) is 17.1. The van der Waals surface area contributed by atoms with E-state index in [1.807, 2.05) is 45.0 Å². The Balaban J connectivity index is 1.92. The summed E-state index contributed by atoms with van der Waals surface area (Å²) in [5, 5.41) is 3.40. The van der Waals surface area contributed by atoms with E-state index in [-0.39, 0.29) is 24.3 Å². The molecule has 2 atom stereocenters. The van der Waals surface area contributed by atoms with Crippen LogP contribution in [-0.2, 0) is 11.3 Å². The zero-order valence-corrected chi connectivity index (χ0v) is 17.1. The second-order valence-corrected chi connectivity index (χ2v) is 7.60. The first-order valence-corrected chi connectivity index (χ1v) is 9.95. The number of nitrogens with two attached hydrogens (primary N) is 1. The van der Waals surface area contributed by atoms with E-state index in [0.717, 1.165) is 29.2 Å². The average molecular weight is 383 g/mol. The molecule has 3 rings (SSSR count). The predicted octanol–water partition coefficient (Wildman–Crippen LogP) is 4.54. The van der Waals surface area contributed by atoms with Crippen molar-refractivity contribution in [3.05, 3.63) is 53.2 Å². The SMILES string of the molecule is CC[C@@H]1C[C@H](N)c2nc(NCc3ccccc3)c(C)cc2N1C(=O)OC(C)C. The predicted molar refractivity (Wildman–Crippen MR) is 112 cm³/mol. The lowest BCUT2D eigenvalue weighted by Gasteiger charge is -2.38. The summed E-state index contributed by atoms with van der Waals surface area (Å²) in [5.41, 5.74) is 10.1. The number of pyridine rings is 1. The lowest BCUT2D eigenvalue weighted by molar-refractivity contribution is 0.119. The average Bonchev–Trinajstić information content (AvgIpc) is 2.66. The van der Waals surface area contributed by atoms with E-state index < -0.39 is 0 Å². The molecule has 1 aliphatic heterocycles. The number of rotatable bonds is 5. The van der Waals surface area contributed by atoms with E-state index in [0.29, 0.717) is 13.0 Å². The molecule has 6 nitrogen and oxygen atoms in total. The second kappa shape index (κ2) is 8.61. The van der Waals surface area contributed by atoms with Gasteiger partial charge in [0.05, 0.1) is 23.5 Å². The molecule has 0 radical (unpaired) electrons. The van der Waals surface area contributed by atoms with Gasteiger partial charge in [0.15, 0.2) is 0 Å². The van der Waals surface area contributed by atoms with Crippen molar-refractivity contribution in [2.24, 2.45) is 5.73 Å². The van der Waals surface area contributed by atoms with Crippen molar-refractivity contribution in [2.45, 2.75) is 65.3 Å². The Morgan fingerprint density at radius 2 is 2.07 bits per heavy atom. The van der Waals surface area contributed by atoms with Crippen molar-refractivity contribution >= 4 is 17.6 Å². The molecule has 0 saturated carbocycles. The normalized spacial score (nSPS) is 18.7. The minimum absolute atomic E-state index is 0.0121. The first-order chi connectivity index (χ1) is 13.4. The highest BCUT2D eigenvalue weighted by Crippen LogP contribution is 2.38. The molecular formula is C22H30N4O2. The highest BCUT2D eigenvalue weighted by Gasteiger charge is 2.36. The van der Waals surface area contributed by atoms with Crippen LogP contribution >= 0.6 is 0 Å². The van der Waals surface area contributed by atoms with Crippen LogP contribution in [0.1, 0.15) is 56.5 Å². The molecule has 0 saturated heterocycles. The fourth-order valence-corrected chi connectivity index (χ4v) is 3.60. The summed E-state index contributed by atoms with van der Waals surface area (Å²) in [5.74, 6) is 0.796. The summed E-state index contributed by atoms with van der Waals surface area (Å²) in [7, 11) is 0. The number of amides is 1. The minimum Gasteiger partial charge on any atom is -0.446 e. The number of carbonyl (C=O) groups excluding carboxylic acids is 1. The van der Waals surface area contributed by atoms with Crippen molar-refractivity contribution in [3.63, 3.8) is 0 Å². The topological polar surface area (TPSA) is 80.5 Å². The molecular weight excluding hydrogens is 352 g/mol. The fourth-order valence-electron chi connectivity index (χ4n) is 3.60. The van der Waals surface area contributed by atoms with Crippen LogP contribution in [0.5, 0.6) is 0 Å². The van der Waals surface area contributed by atoms with Crippen molar-refractivity contribution < 1.29 is 9.53 Å². The van der Waals surface area contributed by atoms with E-state index in [2.05, 4.69) is 24.4 Å². The number of nitrogens with zero attached hydrogens (tertiary/aromatic N) is 2. The van der Waals surface area contributed by atoms with Gasteiger partial charge in [-0.05, 0) is 50.8 Å². The lowest BCUT2D eigenvalue weighted by Crippen LogP contribution is -2.47. The first kappa shape index (κ1) is 20.1. The van der Waals surface area contributed by atoms with Gasteiger partial charge in [0.1, 0.15) is 5.82 Å². The molecule has 2 heterocycles. The van der Waals surface area contributed by atoms with Crippen molar-refractivity contribution in [1.82, 2.24) is 4.98 Å². The van der Waals surface area contributed by atoms with Crippen molar-refractivity contribution in [2.75, 3.05) is 10.2 Å². The number of nitrogens with one attached hydrogen (secondary N) is 1. The maximum absolute atomic E-state index is 12.8. The minimum atomic E-state index is -0.332. The zero-order chi connectivity index (χ0) is 20.3. The summed E-state index contributed by atoms with van der Waals surface area (Å²) in [6.07, 6.45) is 0.976. The van der Waals surface area contributed by atoms with Gasteiger partial charge in [0.25, 0.3) is 0 Å². The van der Waals surface area contributed by atoms with Crippen LogP contribution in [0.4, 0.5) is 16.3 Å². The number of carbonyl (C=O) groups is 1. The van der Waals surface area contributed by atoms with Crippen molar-refractivity contribution in [3.8, 4) is 0 Å². The molecule has 28 heavy (non-hydrogen) atoms. The van der Waals surface area contributed by atoms with Crippen LogP contribution in [0.3, 0.4) is 0 Å². The molecule has 0 bridgehead atoms. The maximum atomic E-state index is 12.8. The van der Waals surface area contributed by atoms with Crippen LogP contribution in [0.15, 0.2) is 36.4 Å². The maximum Gasteiger partial charge on any atom is 0.414 e. The molecule has 2 aromatic rings. The van der Waals surface area contributed by atoms with Gasteiger partial charge in [-0.2, -0.15) is 0 Å². The van der Waals surface area contributed by atoms with E-state index >= 15 is 0 Å². The van der Waals surface area contributed by atoms with Crippen LogP contribution in [-0.4, -0.2) is 23.2 Å². The van der Waals surface area contributed by atoms with Gasteiger partial charge in [0, 0.05) is 12.6 Å². The van der Waals surface area contributed by atoms with Gasteiger partial charge in [-0.25, -0.2) is 9.78 Å². The van der Waals surface area contributed by atoms with Gasteiger partial charge in [-0.3, -0.25) is 4.90 Å². The van der Waals surface area contributed by atoms with Crippen LogP contribution in [0.25, 0.3) is 0 Å². The Labute approximate surface area is 167 Å². The number of ether oxygens (including phenoxy) is 1. The number of aryl methyl sites for hydroxylation is 1. The van der Waals surface area contributed by atoms with Gasteiger partial charge >= 0.3 is 6.09 Å². The first-order valence-electron chi connectivity index (χ1n) is 9.95. The Morgan fingerprint density at radius 3 is 2.71 bits per heavy atom. The molecule has 1 aromatic heterocycles. The van der Waals surface area contributed by atoms with Crippen LogP contribution < -0.4 is 16.0 Å². The molecule has 0 aliphatic carbocycles. The lowest BCUT2D eigenvalue weighted by atomic mass is 9.93. The Kier molecular flexibility index (Phi) is 6.19. The van der Waals surface area contributed by atoms with E-state index in [1.54, 1.807) is 4.90 Å². The Hall–Kier alpha value is -2.60. The van der Waals surface area contributed by atoms with Crippen molar-refractivity contribution in [1.29, 1.82) is 0 Å².